The third kappa shape index (κ3) is 4.11. The molecule has 0 atom stereocenters. The number of fused-ring (bicyclic) bond motifs is 1. The zero-order chi connectivity index (χ0) is 21.3. The highest BCUT2D eigenvalue weighted by atomic mass is 16.5. The Balaban J connectivity index is 1.59. The first kappa shape index (κ1) is 20.2. The number of hydrogen-bond acceptors (Lipinski definition) is 2. The minimum atomic E-state index is 0.148. The summed E-state index contributed by atoms with van der Waals surface area (Å²) >= 11 is 0. The van der Waals surface area contributed by atoms with Gasteiger partial charge in [-0.3, -0.25) is 0 Å². The highest BCUT2D eigenvalue weighted by molar-refractivity contribution is 5.81. The van der Waals surface area contributed by atoms with Gasteiger partial charge in [-0.15, -0.1) is 0 Å². The molecule has 0 amide bonds. The maximum atomic E-state index is 6.09. The third-order valence-electron chi connectivity index (χ3n) is 5.58. The highest BCUT2D eigenvalue weighted by Crippen LogP contribution is 2.28. The molecule has 0 aliphatic carbocycles. The monoisotopic (exact) mass is 398 g/mol. The SMILES string of the molecule is Cc1ccc(-c2nc3ccccc3n2CCOc2ccc(C(C)(C)C)cc2)c(C)c1. The van der Waals surface area contributed by atoms with Gasteiger partial charge in [-0.2, -0.15) is 0 Å². The molecule has 0 N–H and O–H groups in total. The van der Waals surface area contributed by atoms with E-state index in [2.05, 4.69) is 99.8 Å². The van der Waals surface area contributed by atoms with E-state index in [1.54, 1.807) is 0 Å². The van der Waals surface area contributed by atoms with E-state index in [1.165, 1.54) is 22.3 Å². The lowest BCUT2D eigenvalue weighted by Gasteiger charge is -2.19. The summed E-state index contributed by atoms with van der Waals surface area (Å²) in [5.74, 6) is 1.90. The van der Waals surface area contributed by atoms with Crippen LogP contribution < -0.4 is 4.74 Å². The number of imidazole rings is 1. The maximum absolute atomic E-state index is 6.09. The van der Waals surface area contributed by atoms with Gasteiger partial charge in [0, 0.05) is 5.56 Å². The molecule has 0 radical (unpaired) electrons. The Kier molecular flexibility index (Phi) is 5.38. The first-order valence-electron chi connectivity index (χ1n) is 10.6. The third-order valence-corrected chi connectivity index (χ3v) is 5.58. The van der Waals surface area contributed by atoms with Gasteiger partial charge in [0.1, 0.15) is 18.2 Å². The molecule has 0 bridgehead atoms. The second-order valence-corrected chi connectivity index (χ2v) is 9.02. The van der Waals surface area contributed by atoms with Crippen LogP contribution in [0.25, 0.3) is 22.4 Å². The van der Waals surface area contributed by atoms with Crippen LogP contribution in [0, 0.1) is 13.8 Å². The minimum absolute atomic E-state index is 0.148. The molecule has 1 heterocycles. The molecule has 0 saturated heterocycles. The van der Waals surface area contributed by atoms with Crippen molar-refractivity contribution in [1.29, 1.82) is 0 Å². The summed E-state index contributed by atoms with van der Waals surface area (Å²) in [6, 6.07) is 23.3. The van der Waals surface area contributed by atoms with Gasteiger partial charge in [-0.25, -0.2) is 4.98 Å². The zero-order valence-corrected chi connectivity index (χ0v) is 18.6. The van der Waals surface area contributed by atoms with Gasteiger partial charge in [0.25, 0.3) is 0 Å². The average molecular weight is 399 g/mol. The van der Waals surface area contributed by atoms with Crippen molar-refractivity contribution >= 4 is 11.0 Å². The van der Waals surface area contributed by atoms with E-state index in [0.717, 1.165) is 29.2 Å². The number of aryl methyl sites for hydroxylation is 2. The lowest BCUT2D eigenvalue weighted by Crippen LogP contribution is -2.12. The molecule has 0 saturated carbocycles. The number of para-hydroxylation sites is 2. The Morgan fingerprint density at radius 2 is 1.63 bits per heavy atom. The van der Waals surface area contributed by atoms with Gasteiger partial charge >= 0.3 is 0 Å². The van der Waals surface area contributed by atoms with Crippen LogP contribution in [0.2, 0.25) is 0 Å². The summed E-state index contributed by atoms with van der Waals surface area (Å²) in [6.07, 6.45) is 0. The molecule has 0 unspecified atom stereocenters. The summed E-state index contributed by atoms with van der Waals surface area (Å²) < 4.78 is 8.36. The molecule has 0 aliphatic heterocycles. The second kappa shape index (κ2) is 7.98. The fourth-order valence-corrected chi connectivity index (χ4v) is 3.88. The normalized spacial score (nSPS) is 11.8. The largest absolute Gasteiger partial charge is 0.492 e. The molecule has 4 rings (SSSR count). The fraction of sp³-hybridized carbons (Fsp3) is 0.296. The number of benzene rings is 3. The number of aromatic nitrogens is 2. The van der Waals surface area contributed by atoms with Crippen LogP contribution in [0.5, 0.6) is 5.75 Å². The fourth-order valence-electron chi connectivity index (χ4n) is 3.88. The standard InChI is InChI=1S/C27H30N2O/c1-19-10-15-23(20(2)18-19)26-28-24-8-6-7-9-25(24)29(26)16-17-30-22-13-11-21(12-14-22)27(3,4)5/h6-15,18H,16-17H2,1-5H3. The first-order valence-corrected chi connectivity index (χ1v) is 10.6. The lowest BCUT2D eigenvalue weighted by molar-refractivity contribution is 0.300. The lowest BCUT2D eigenvalue weighted by atomic mass is 9.87. The van der Waals surface area contributed by atoms with Gasteiger partial charge in [-0.05, 0) is 54.7 Å². The van der Waals surface area contributed by atoms with Crippen molar-refractivity contribution in [2.24, 2.45) is 0 Å². The Bertz CT molecular complexity index is 1160. The Morgan fingerprint density at radius 3 is 2.33 bits per heavy atom. The molecule has 0 aliphatic rings. The quantitative estimate of drug-likeness (QED) is 0.374. The molecule has 0 spiro atoms. The molecule has 4 aromatic rings. The van der Waals surface area contributed by atoms with Gasteiger partial charge < -0.3 is 9.30 Å². The highest BCUT2D eigenvalue weighted by Gasteiger charge is 2.15. The van der Waals surface area contributed by atoms with Gasteiger partial charge in [0.15, 0.2) is 0 Å². The predicted octanol–water partition coefficient (Wildman–Crippen LogP) is 6.70. The van der Waals surface area contributed by atoms with Crippen LogP contribution in [-0.4, -0.2) is 16.2 Å². The maximum Gasteiger partial charge on any atom is 0.141 e. The number of ether oxygens (including phenoxy) is 1. The van der Waals surface area contributed by atoms with Crippen molar-refractivity contribution in [3.8, 4) is 17.1 Å². The Labute approximate surface area is 179 Å². The molecular formula is C27H30N2O. The molecular weight excluding hydrogens is 368 g/mol. The van der Waals surface area contributed by atoms with Crippen molar-refractivity contribution < 1.29 is 4.74 Å². The average Bonchev–Trinajstić information content (AvgIpc) is 3.06. The first-order chi connectivity index (χ1) is 14.3. The number of hydrogen-bond donors (Lipinski definition) is 0. The summed E-state index contributed by atoms with van der Waals surface area (Å²) in [5, 5.41) is 0. The van der Waals surface area contributed by atoms with E-state index in [9.17, 15) is 0 Å². The summed E-state index contributed by atoms with van der Waals surface area (Å²) in [7, 11) is 0. The van der Waals surface area contributed by atoms with E-state index in [4.69, 9.17) is 9.72 Å². The molecule has 3 aromatic carbocycles. The van der Waals surface area contributed by atoms with E-state index in [0.29, 0.717) is 6.61 Å². The molecule has 30 heavy (non-hydrogen) atoms. The Morgan fingerprint density at radius 1 is 0.900 bits per heavy atom. The molecule has 1 aromatic heterocycles. The van der Waals surface area contributed by atoms with Crippen LogP contribution >= 0.6 is 0 Å². The number of nitrogens with zero attached hydrogens (tertiary/aromatic N) is 2. The molecule has 154 valence electrons. The molecule has 0 fully saturated rings. The molecule has 3 nitrogen and oxygen atoms in total. The van der Waals surface area contributed by atoms with Gasteiger partial charge in [0.2, 0.25) is 0 Å². The topological polar surface area (TPSA) is 27.1 Å². The van der Waals surface area contributed by atoms with E-state index in [-0.39, 0.29) is 5.41 Å². The van der Waals surface area contributed by atoms with Crippen molar-refractivity contribution in [2.45, 2.75) is 46.6 Å². The van der Waals surface area contributed by atoms with Crippen molar-refractivity contribution in [2.75, 3.05) is 6.61 Å². The van der Waals surface area contributed by atoms with Crippen molar-refractivity contribution in [3.63, 3.8) is 0 Å². The summed E-state index contributed by atoms with van der Waals surface area (Å²) in [4.78, 5) is 4.95. The van der Waals surface area contributed by atoms with Crippen molar-refractivity contribution in [3.05, 3.63) is 83.4 Å². The van der Waals surface area contributed by atoms with Crippen LogP contribution in [0.3, 0.4) is 0 Å². The van der Waals surface area contributed by atoms with Crippen LogP contribution in [-0.2, 0) is 12.0 Å². The smallest absolute Gasteiger partial charge is 0.141 e. The van der Waals surface area contributed by atoms with Crippen LogP contribution in [0.4, 0.5) is 0 Å². The van der Waals surface area contributed by atoms with Gasteiger partial charge in [0.05, 0.1) is 17.6 Å². The van der Waals surface area contributed by atoms with E-state index >= 15 is 0 Å². The van der Waals surface area contributed by atoms with E-state index in [1.807, 2.05) is 6.07 Å². The number of rotatable bonds is 5. The predicted molar refractivity (Wildman–Crippen MR) is 125 cm³/mol. The summed E-state index contributed by atoms with van der Waals surface area (Å²) in [6.45, 7) is 12.3. The van der Waals surface area contributed by atoms with Gasteiger partial charge in [-0.1, -0.05) is 68.8 Å². The zero-order valence-electron chi connectivity index (χ0n) is 18.6. The van der Waals surface area contributed by atoms with Crippen molar-refractivity contribution in [1.82, 2.24) is 9.55 Å². The van der Waals surface area contributed by atoms with E-state index < -0.39 is 0 Å². The van der Waals surface area contributed by atoms with Crippen LogP contribution in [0.15, 0.2) is 66.7 Å². The Hall–Kier alpha value is -3.07. The summed E-state index contributed by atoms with van der Waals surface area (Å²) in [5.41, 5.74) is 7.29. The molecule has 3 heteroatoms. The minimum Gasteiger partial charge on any atom is -0.492 e. The van der Waals surface area contributed by atoms with Crippen LogP contribution in [0.1, 0.15) is 37.5 Å². The second-order valence-electron chi connectivity index (χ2n) is 9.02.